The molecule has 0 spiro atoms. The summed E-state index contributed by atoms with van der Waals surface area (Å²) < 4.78 is 0. The Kier molecular flexibility index (Phi) is 6.10. The first kappa shape index (κ1) is 22.1. The fourth-order valence-electron chi connectivity index (χ4n) is 3.37. The number of aromatic amines is 1. The van der Waals surface area contributed by atoms with Gasteiger partial charge in [0.2, 0.25) is 17.8 Å². The summed E-state index contributed by atoms with van der Waals surface area (Å²) in [6, 6.07) is 9.80. The number of benzene rings is 2. The van der Waals surface area contributed by atoms with E-state index in [1.54, 1.807) is 36.4 Å². The van der Waals surface area contributed by atoms with Crippen LogP contribution in [0.4, 0.5) is 23.1 Å². The summed E-state index contributed by atoms with van der Waals surface area (Å²) in [6.45, 7) is 1.81. The molecule has 0 radical (unpaired) electrons. The highest BCUT2D eigenvalue weighted by molar-refractivity contribution is 6.35. The normalized spacial score (nSPS) is 15.0. The lowest BCUT2D eigenvalue weighted by Crippen LogP contribution is -2.36. The van der Waals surface area contributed by atoms with Crippen LogP contribution in [0, 0.1) is 6.92 Å². The number of carbonyl (C=O) groups excluding carboxylic acids is 2. The zero-order valence-corrected chi connectivity index (χ0v) is 18.8. The van der Waals surface area contributed by atoms with Crippen LogP contribution < -0.4 is 21.5 Å². The molecule has 3 aromatic rings. The number of anilines is 4. The number of nitrogens with zero attached hydrogens (tertiary/aromatic N) is 1. The van der Waals surface area contributed by atoms with E-state index >= 15 is 0 Å². The molecule has 11 heteroatoms. The van der Waals surface area contributed by atoms with E-state index in [4.69, 9.17) is 34.8 Å². The van der Waals surface area contributed by atoms with Gasteiger partial charge < -0.3 is 16.0 Å². The van der Waals surface area contributed by atoms with Gasteiger partial charge in [0.25, 0.3) is 5.56 Å². The van der Waals surface area contributed by atoms with Crippen molar-refractivity contribution < 1.29 is 9.59 Å². The Bertz CT molecular complexity index is 1290. The van der Waals surface area contributed by atoms with Gasteiger partial charge in [-0.05, 0) is 42.8 Å². The van der Waals surface area contributed by atoms with Gasteiger partial charge in [-0.2, -0.15) is 4.98 Å². The topological polar surface area (TPSA) is 116 Å². The molecule has 1 atom stereocenters. The van der Waals surface area contributed by atoms with Crippen molar-refractivity contribution in [3.63, 3.8) is 0 Å². The Morgan fingerprint density at radius 1 is 1.06 bits per heavy atom. The minimum absolute atomic E-state index is 0.00333. The van der Waals surface area contributed by atoms with Crippen LogP contribution in [0.2, 0.25) is 15.1 Å². The average molecular weight is 493 g/mol. The molecule has 0 saturated carbocycles. The Morgan fingerprint density at radius 2 is 1.78 bits per heavy atom. The second-order valence-corrected chi connectivity index (χ2v) is 8.52. The number of hydrogen-bond acceptors (Lipinski definition) is 5. The molecule has 0 unspecified atom stereocenters. The summed E-state index contributed by atoms with van der Waals surface area (Å²) in [4.78, 5) is 45.0. The van der Waals surface area contributed by atoms with E-state index in [9.17, 15) is 14.4 Å². The number of nitrogens with one attached hydrogen (secondary N) is 4. The molecule has 1 aromatic heterocycles. The third-order valence-corrected chi connectivity index (χ3v) is 5.52. The molecular formula is C21H16Cl3N5O3. The van der Waals surface area contributed by atoms with Crippen LogP contribution in [-0.2, 0) is 9.59 Å². The number of aryl methyl sites for hydroxylation is 1. The zero-order chi connectivity index (χ0) is 23.0. The van der Waals surface area contributed by atoms with Crippen molar-refractivity contribution in [1.29, 1.82) is 0 Å². The van der Waals surface area contributed by atoms with E-state index in [1.165, 1.54) is 0 Å². The van der Waals surface area contributed by atoms with Crippen molar-refractivity contribution in [2.75, 3.05) is 16.0 Å². The molecule has 2 aromatic carbocycles. The molecule has 1 aliphatic heterocycles. The van der Waals surface area contributed by atoms with Crippen LogP contribution in [-0.4, -0.2) is 21.8 Å². The number of aromatic nitrogens is 2. The molecule has 4 N–H and O–H groups in total. The number of hydrogen-bond donors (Lipinski definition) is 4. The first-order valence-electron chi connectivity index (χ1n) is 9.44. The van der Waals surface area contributed by atoms with E-state index in [2.05, 4.69) is 25.9 Å². The van der Waals surface area contributed by atoms with Gasteiger partial charge in [0.15, 0.2) is 0 Å². The molecule has 0 saturated heterocycles. The van der Waals surface area contributed by atoms with E-state index < -0.39 is 23.3 Å². The highest BCUT2D eigenvalue weighted by Crippen LogP contribution is 2.31. The Morgan fingerprint density at radius 3 is 2.50 bits per heavy atom. The Labute approximate surface area is 197 Å². The first-order valence-corrected chi connectivity index (χ1v) is 10.6. The lowest BCUT2D eigenvalue weighted by molar-refractivity contribution is -0.123. The molecule has 8 nitrogen and oxygen atoms in total. The number of fused-ring (bicyclic) bond motifs is 1. The van der Waals surface area contributed by atoms with Crippen LogP contribution in [0.1, 0.15) is 23.5 Å². The molecule has 4 rings (SSSR count). The van der Waals surface area contributed by atoms with Crippen LogP contribution in [0.15, 0.2) is 41.2 Å². The molecule has 0 bridgehead atoms. The fourth-order valence-corrected chi connectivity index (χ4v) is 4.06. The minimum Gasteiger partial charge on any atom is -0.326 e. The second kappa shape index (κ2) is 8.82. The van der Waals surface area contributed by atoms with Crippen LogP contribution in [0.5, 0.6) is 0 Å². The predicted octanol–water partition coefficient (Wildman–Crippen LogP) is 4.85. The number of H-pyrrole nitrogens is 1. The van der Waals surface area contributed by atoms with Crippen molar-refractivity contribution in [3.8, 4) is 0 Å². The fraction of sp³-hybridized carbons (Fsp3) is 0.143. The first-order chi connectivity index (χ1) is 15.2. The minimum atomic E-state index is -1.02. The summed E-state index contributed by atoms with van der Waals surface area (Å²) in [5.41, 5.74) is 1.27. The number of halogens is 3. The molecule has 0 fully saturated rings. The third kappa shape index (κ3) is 4.72. The maximum Gasteiger partial charge on any atom is 0.258 e. The van der Waals surface area contributed by atoms with Gasteiger partial charge in [0.05, 0.1) is 11.5 Å². The molecule has 32 heavy (non-hydrogen) atoms. The highest BCUT2D eigenvalue weighted by atomic mass is 35.5. The maximum atomic E-state index is 13.0. The number of rotatable bonds is 4. The van der Waals surface area contributed by atoms with Crippen LogP contribution in [0.25, 0.3) is 0 Å². The van der Waals surface area contributed by atoms with Gasteiger partial charge in [-0.15, -0.1) is 0 Å². The molecule has 2 amide bonds. The summed E-state index contributed by atoms with van der Waals surface area (Å²) in [7, 11) is 0. The summed E-state index contributed by atoms with van der Waals surface area (Å²) in [6.07, 6.45) is -0.195. The summed E-state index contributed by atoms with van der Waals surface area (Å²) in [5.74, 6) is -1.91. The van der Waals surface area contributed by atoms with E-state index in [0.717, 1.165) is 5.56 Å². The zero-order valence-electron chi connectivity index (χ0n) is 16.6. The van der Waals surface area contributed by atoms with Crippen LogP contribution >= 0.6 is 34.8 Å². The maximum absolute atomic E-state index is 13.0. The SMILES string of the molecule is Cc1ccc(Cl)cc1NC(=O)[C@@H]1CC(=O)Nc2nc(Nc3cc(Cl)cc(Cl)c3)[nH]c(=O)c21. The predicted molar refractivity (Wildman–Crippen MR) is 125 cm³/mol. The summed E-state index contributed by atoms with van der Waals surface area (Å²) in [5, 5.41) is 9.42. The monoisotopic (exact) mass is 491 g/mol. The lowest BCUT2D eigenvalue weighted by Gasteiger charge is -2.24. The van der Waals surface area contributed by atoms with Crippen LogP contribution in [0.3, 0.4) is 0 Å². The molecule has 164 valence electrons. The average Bonchev–Trinajstić information content (AvgIpc) is 2.69. The van der Waals surface area contributed by atoms with E-state index in [1.807, 2.05) is 6.92 Å². The van der Waals surface area contributed by atoms with Crippen molar-refractivity contribution in [3.05, 3.63) is 72.9 Å². The van der Waals surface area contributed by atoms with Gasteiger partial charge in [0.1, 0.15) is 5.82 Å². The van der Waals surface area contributed by atoms with E-state index in [-0.39, 0.29) is 23.8 Å². The van der Waals surface area contributed by atoms with Crippen molar-refractivity contribution in [2.24, 2.45) is 0 Å². The largest absolute Gasteiger partial charge is 0.326 e. The standard InChI is InChI=1S/C21H16Cl3N5O3/c1-9-2-3-10(22)7-15(9)26-19(31)14-8-16(30)27-18-17(14)20(32)29-21(28-18)25-13-5-11(23)4-12(24)6-13/h2-7,14H,8H2,1H3,(H,26,31)(H3,25,27,28,29,30,32)/t14-/m1/s1. The van der Waals surface area contributed by atoms with Crippen molar-refractivity contribution in [1.82, 2.24) is 9.97 Å². The summed E-state index contributed by atoms with van der Waals surface area (Å²) >= 11 is 18.0. The van der Waals surface area contributed by atoms with Crippen molar-refractivity contribution >= 4 is 69.8 Å². The number of carbonyl (C=O) groups is 2. The molecule has 1 aliphatic rings. The van der Waals surface area contributed by atoms with Gasteiger partial charge in [-0.3, -0.25) is 19.4 Å². The molecule has 0 aliphatic carbocycles. The third-order valence-electron chi connectivity index (χ3n) is 4.85. The van der Waals surface area contributed by atoms with E-state index in [0.29, 0.717) is 26.4 Å². The quantitative estimate of drug-likeness (QED) is 0.416. The second-order valence-electron chi connectivity index (χ2n) is 7.21. The highest BCUT2D eigenvalue weighted by Gasteiger charge is 2.35. The smallest absolute Gasteiger partial charge is 0.258 e. The van der Waals surface area contributed by atoms with Crippen molar-refractivity contribution in [2.45, 2.75) is 19.3 Å². The van der Waals surface area contributed by atoms with Gasteiger partial charge in [-0.25, -0.2) is 0 Å². The van der Waals surface area contributed by atoms with Gasteiger partial charge in [0, 0.05) is 32.9 Å². The lowest BCUT2D eigenvalue weighted by atomic mass is 9.92. The Balaban J connectivity index is 1.66. The molecular weight excluding hydrogens is 477 g/mol. The van der Waals surface area contributed by atoms with Gasteiger partial charge in [-0.1, -0.05) is 40.9 Å². The number of amides is 2. The molecule has 2 heterocycles. The Hall–Kier alpha value is -3.07. The van der Waals surface area contributed by atoms with Gasteiger partial charge >= 0.3 is 0 Å².